The molecule has 1 aliphatic rings. The molecule has 0 spiro atoms. The molecule has 1 fully saturated rings. The summed E-state index contributed by atoms with van der Waals surface area (Å²) in [6, 6.07) is 0. The highest BCUT2D eigenvalue weighted by Crippen LogP contribution is 2.30. The number of anilines is 1. The predicted molar refractivity (Wildman–Crippen MR) is 43.5 cm³/mol. The van der Waals surface area contributed by atoms with Crippen LogP contribution in [0.4, 0.5) is 5.88 Å². The Kier molecular flexibility index (Phi) is 1.99. The van der Waals surface area contributed by atoms with Gasteiger partial charge in [-0.3, -0.25) is 0 Å². The van der Waals surface area contributed by atoms with Crippen LogP contribution in [0.1, 0.15) is 30.9 Å². The summed E-state index contributed by atoms with van der Waals surface area (Å²) in [6.45, 7) is 0.815. The maximum absolute atomic E-state index is 5.56. The van der Waals surface area contributed by atoms with E-state index >= 15 is 0 Å². The van der Waals surface area contributed by atoms with Gasteiger partial charge in [-0.2, -0.15) is 0 Å². The van der Waals surface area contributed by atoms with Gasteiger partial charge >= 0.3 is 0 Å². The summed E-state index contributed by atoms with van der Waals surface area (Å²) in [6.07, 6.45) is 5.10. The first-order valence-corrected chi connectivity index (χ1v) is 4.19. The molecular weight excluding hydrogens is 156 g/mol. The smallest absolute Gasteiger partial charge is 0.227 e. The minimum absolute atomic E-state index is 0.102. The standard InChI is InChI=1S/C8H12N2O2/c9-8-6(5-10-12-8)7-3-1-2-4-11-7/h5,7H,1-4,9H2. The van der Waals surface area contributed by atoms with E-state index in [-0.39, 0.29) is 6.10 Å². The van der Waals surface area contributed by atoms with Crippen LogP contribution in [0.25, 0.3) is 0 Å². The molecule has 1 aromatic heterocycles. The number of hydrogen-bond acceptors (Lipinski definition) is 4. The first kappa shape index (κ1) is 7.61. The van der Waals surface area contributed by atoms with Crippen molar-refractivity contribution in [3.05, 3.63) is 11.8 Å². The lowest BCUT2D eigenvalue weighted by Crippen LogP contribution is -2.11. The minimum Gasteiger partial charge on any atom is -0.373 e. The first-order valence-electron chi connectivity index (χ1n) is 4.19. The number of nitrogen functional groups attached to an aromatic ring is 1. The van der Waals surface area contributed by atoms with Crippen LogP contribution in [0.3, 0.4) is 0 Å². The SMILES string of the molecule is Nc1oncc1C1CCCCO1. The Morgan fingerprint density at radius 2 is 2.42 bits per heavy atom. The maximum Gasteiger partial charge on any atom is 0.227 e. The van der Waals surface area contributed by atoms with Crippen molar-refractivity contribution in [2.24, 2.45) is 0 Å². The summed E-state index contributed by atoms with van der Waals surface area (Å²) in [5, 5.41) is 3.62. The van der Waals surface area contributed by atoms with Gasteiger partial charge < -0.3 is 15.0 Å². The average Bonchev–Trinajstić information content (AvgIpc) is 2.53. The first-order chi connectivity index (χ1) is 5.88. The molecule has 1 saturated heterocycles. The van der Waals surface area contributed by atoms with E-state index < -0.39 is 0 Å². The van der Waals surface area contributed by atoms with Crippen molar-refractivity contribution in [2.45, 2.75) is 25.4 Å². The van der Waals surface area contributed by atoms with Crippen LogP contribution in [-0.4, -0.2) is 11.8 Å². The third-order valence-corrected chi connectivity index (χ3v) is 2.15. The molecule has 0 aromatic carbocycles. The topological polar surface area (TPSA) is 61.3 Å². The molecule has 4 nitrogen and oxygen atoms in total. The molecule has 0 amide bonds. The van der Waals surface area contributed by atoms with Gasteiger partial charge in [-0.25, -0.2) is 0 Å². The van der Waals surface area contributed by atoms with E-state index in [1.165, 1.54) is 6.42 Å². The van der Waals surface area contributed by atoms with E-state index in [0.29, 0.717) is 5.88 Å². The molecule has 1 unspecified atom stereocenters. The molecule has 0 aliphatic carbocycles. The quantitative estimate of drug-likeness (QED) is 0.690. The third kappa shape index (κ3) is 1.30. The van der Waals surface area contributed by atoms with E-state index in [0.717, 1.165) is 25.0 Å². The number of nitrogens with two attached hydrogens (primary N) is 1. The summed E-state index contributed by atoms with van der Waals surface area (Å²) in [5.41, 5.74) is 6.46. The van der Waals surface area contributed by atoms with Gasteiger partial charge in [0.2, 0.25) is 5.88 Å². The molecule has 0 radical (unpaired) electrons. The van der Waals surface area contributed by atoms with E-state index in [2.05, 4.69) is 5.16 Å². The Labute approximate surface area is 70.7 Å². The van der Waals surface area contributed by atoms with E-state index in [4.69, 9.17) is 15.0 Å². The molecule has 66 valence electrons. The summed E-state index contributed by atoms with van der Waals surface area (Å²) >= 11 is 0. The Morgan fingerprint density at radius 1 is 1.50 bits per heavy atom. The molecule has 12 heavy (non-hydrogen) atoms. The Balaban J connectivity index is 2.13. The average molecular weight is 168 g/mol. The van der Waals surface area contributed by atoms with E-state index in [1.54, 1.807) is 6.20 Å². The van der Waals surface area contributed by atoms with Crippen LogP contribution >= 0.6 is 0 Å². The second-order valence-corrected chi connectivity index (χ2v) is 3.00. The lowest BCUT2D eigenvalue weighted by atomic mass is 10.0. The number of hydrogen-bond donors (Lipinski definition) is 1. The van der Waals surface area contributed by atoms with Crippen LogP contribution in [0, 0.1) is 0 Å². The second kappa shape index (κ2) is 3.15. The Morgan fingerprint density at radius 3 is 3.00 bits per heavy atom. The fourth-order valence-electron chi connectivity index (χ4n) is 1.48. The van der Waals surface area contributed by atoms with Gasteiger partial charge in [-0.1, -0.05) is 5.16 Å². The lowest BCUT2D eigenvalue weighted by molar-refractivity contribution is 0.0152. The van der Waals surface area contributed by atoms with Crippen LogP contribution in [-0.2, 0) is 4.74 Å². The normalized spacial score (nSPS) is 24.2. The molecule has 4 heteroatoms. The van der Waals surface area contributed by atoms with E-state index in [9.17, 15) is 0 Å². The summed E-state index contributed by atoms with van der Waals surface area (Å²) in [4.78, 5) is 0. The number of rotatable bonds is 1. The van der Waals surface area contributed by atoms with Gasteiger partial charge in [0.1, 0.15) is 0 Å². The number of aromatic nitrogens is 1. The zero-order chi connectivity index (χ0) is 8.39. The van der Waals surface area contributed by atoms with Gasteiger partial charge in [0.05, 0.1) is 17.9 Å². The molecule has 1 atom stereocenters. The minimum atomic E-state index is 0.102. The molecule has 2 rings (SSSR count). The summed E-state index contributed by atoms with van der Waals surface area (Å²) in [7, 11) is 0. The highest BCUT2D eigenvalue weighted by atomic mass is 16.5. The van der Waals surface area contributed by atoms with Crippen molar-refractivity contribution in [3.63, 3.8) is 0 Å². The fraction of sp³-hybridized carbons (Fsp3) is 0.625. The van der Waals surface area contributed by atoms with Crippen LogP contribution in [0.2, 0.25) is 0 Å². The van der Waals surface area contributed by atoms with Gasteiger partial charge in [0.25, 0.3) is 0 Å². The number of ether oxygens (including phenoxy) is 1. The van der Waals surface area contributed by atoms with Gasteiger partial charge in [0.15, 0.2) is 0 Å². The molecule has 0 saturated carbocycles. The maximum atomic E-state index is 5.56. The summed E-state index contributed by atoms with van der Waals surface area (Å²) in [5.74, 6) is 0.391. The fourth-order valence-corrected chi connectivity index (χ4v) is 1.48. The molecule has 2 N–H and O–H groups in total. The third-order valence-electron chi connectivity index (χ3n) is 2.15. The van der Waals surface area contributed by atoms with Crippen molar-refractivity contribution in [1.82, 2.24) is 5.16 Å². The van der Waals surface area contributed by atoms with E-state index in [1.807, 2.05) is 0 Å². The monoisotopic (exact) mass is 168 g/mol. The predicted octanol–water partition coefficient (Wildman–Crippen LogP) is 1.50. The zero-order valence-corrected chi connectivity index (χ0v) is 6.82. The summed E-state index contributed by atoms with van der Waals surface area (Å²) < 4.78 is 10.3. The largest absolute Gasteiger partial charge is 0.373 e. The van der Waals surface area contributed by atoms with Crippen molar-refractivity contribution < 1.29 is 9.26 Å². The Bertz CT molecular complexity index is 253. The number of nitrogens with zero attached hydrogens (tertiary/aromatic N) is 1. The van der Waals surface area contributed by atoms with Gasteiger partial charge in [0, 0.05) is 6.61 Å². The van der Waals surface area contributed by atoms with Gasteiger partial charge in [-0.05, 0) is 19.3 Å². The van der Waals surface area contributed by atoms with Crippen molar-refractivity contribution in [3.8, 4) is 0 Å². The lowest BCUT2D eigenvalue weighted by Gasteiger charge is -2.21. The molecular formula is C8H12N2O2. The molecule has 1 aliphatic heterocycles. The van der Waals surface area contributed by atoms with Gasteiger partial charge in [-0.15, -0.1) is 0 Å². The van der Waals surface area contributed by atoms with Crippen LogP contribution < -0.4 is 5.73 Å². The van der Waals surface area contributed by atoms with Crippen molar-refractivity contribution >= 4 is 5.88 Å². The highest BCUT2D eigenvalue weighted by Gasteiger charge is 2.20. The van der Waals surface area contributed by atoms with Crippen molar-refractivity contribution in [1.29, 1.82) is 0 Å². The van der Waals surface area contributed by atoms with Crippen LogP contribution in [0.15, 0.2) is 10.7 Å². The van der Waals surface area contributed by atoms with Crippen molar-refractivity contribution in [2.75, 3.05) is 12.3 Å². The molecule has 1 aromatic rings. The van der Waals surface area contributed by atoms with Crippen LogP contribution in [0.5, 0.6) is 0 Å². The molecule has 2 heterocycles. The Hall–Kier alpha value is -1.03. The zero-order valence-electron chi connectivity index (χ0n) is 6.82. The highest BCUT2D eigenvalue weighted by molar-refractivity contribution is 5.35. The second-order valence-electron chi connectivity index (χ2n) is 3.00. The molecule has 0 bridgehead atoms.